The Balaban J connectivity index is 3.04. The normalized spacial score (nSPS) is 10.2. The first kappa shape index (κ1) is 10.1. The molecule has 2 rings (SSSR count). The molecule has 0 atom stereocenters. The van der Waals surface area contributed by atoms with Crippen LogP contribution in [-0.2, 0) is 0 Å². The molecule has 0 spiro atoms. The molecule has 0 radical (unpaired) electrons. The third kappa shape index (κ3) is 1.58. The predicted octanol–water partition coefficient (Wildman–Crippen LogP) is 0.586. The number of hydrogen-bond acceptors (Lipinski definition) is 3. The van der Waals surface area contributed by atoms with E-state index in [1.807, 2.05) is 0 Å². The Bertz CT molecular complexity index is 687. The zero-order valence-corrected chi connectivity index (χ0v) is 8.06. The number of aromatic nitrogens is 1. The van der Waals surface area contributed by atoms with E-state index in [1.54, 1.807) is 6.07 Å². The number of H-pyrrole nitrogens is 1. The second-order valence-corrected chi connectivity index (χ2v) is 3.24. The van der Waals surface area contributed by atoms with Gasteiger partial charge in [0.2, 0.25) is 0 Å². The topological polar surface area (TPSA) is 87.2 Å². The van der Waals surface area contributed by atoms with Crippen molar-refractivity contribution in [3.8, 4) is 0 Å². The number of pyridine rings is 1. The van der Waals surface area contributed by atoms with Gasteiger partial charge in [-0.3, -0.25) is 9.59 Å². The average molecular weight is 217 g/mol. The van der Waals surface area contributed by atoms with Crippen LogP contribution in [0.4, 0.5) is 0 Å². The number of carbonyl (C=O) groups is 1. The molecule has 80 valence electrons. The second-order valence-electron chi connectivity index (χ2n) is 3.24. The van der Waals surface area contributed by atoms with Crippen LogP contribution in [-0.4, -0.2) is 16.1 Å². The van der Waals surface area contributed by atoms with Crippen LogP contribution in [0.5, 0.6) is 0 Å². The lowest BCUT2D eigenvalue weighted by molar-refractivity contribution is 0.0696. The molecule has 1 heterocycles. The number of aromatic carboxylic acids is 1. The maximum Gasteiger partial charge on any atom is 0.339 e. The summed E-state index contributed by atoms with van der Waals surface area (Å²) in [7, 11) is 0. The molecule has 0 aliphatic rings. The fourth-order valence-electron chi connectivity index (χ4n) is 1.44. The summed E-state index contributed by atoms with van der Waals surface area (Å²) in [6.07, 6.45) is 1.44. The van der Waals surface area contributed by atoms with Crippen LogP contribution in [0, 0.1) is 0 Å². The first-order valence-corrected chi connectivity index (χ1v) is 4.48. The fraction of sp³-hybridized carbons (Fsp3) is 0. The lowest BCUT2D eigenvalue weighted by atomic mass is 10.2. The van der Waals surface area contributed by atoms with Crippen LogP contribution < -0.4 is 11.0 Å². The summed E-state index contributed by atoms with van der Waals surface area (Å²) in [5.41, 5.74) is -1.45. The van der Waals surface area contributed by atoms with Crippen LogP contribution in [0.2, 0.25) is 0 Å². The summed E-state index contributed by atoms with van der Waals surface area (Å²) in [4.78, 5) is 36.1. The van der Waals surface area contributed by atoms with Gasteiger partial charge in [-0.2, -0.15) is 0 Å². The lowest BCUT2D eigenvalue weighted by Gasteiger charge is -1.90. The quantitative estimate of drug-likeness (QED) is 0.731. The Morgan fingerprint density at radius 3 is 2.62 bits per heavy atom. The fourth-order valence-corrected chi connectivity index (χ4v) is 1.44. The SMILES string of the molecule is O=C(O)c1cc2c(=O)[nH]ccc2ccc1=O. The number of carboxylic acids is 1. The summed E-state index contributed by atoms with van der Waals surface area (Å²) in [5, 5.41) is 9.52. The molecule has 0 aliphatic heterocycles. The van der Waals surface area contributed by atoms with Crippen LogP contribution in [0.25, 0.3) is 10.8 Å². The van der Waals surface area contributed by atoms with Gasteiger partial charge in [-0.1, -0.05) is 6.07 Å². The van der Waals surface area contributed by atoms with Gasteiger partial charge in [0.05, 0.1) is 0 Å². The van der Waals surface area contributed by atoms with Gasteiger partial charge < -0.3 is 10.1 Å². The van der Waals surface area contributed by atoms with E-state index >= 15 is 0 Å². The maximum atomic E-state index is 11.5. The van der Waals surface area contributed by atoms with Crippen molar-refractivity contribution in [2.75, 3.05) is 0 Å². The Labute approximate surface area is 89.0 Å². The van der Waals surface area contributed by atoms with Gasteiger partial charge in [0.25, 0.3) is 5.56 Å². The monoisotopic (exact) mass is 217 g/mol. The molecule has 0 bridgehead atoms. The molecule has 0 amide bonds. The molecule has 2 N–H and O–H groups in total. The van der Waals surface area contributed by atoms with Crippen LogP contribution >= 0.6 is 0 Å². The van der Waals surface area contributed by atoms with Crippen molar-refractivity contribution < 1.29 is 9.90 Å². The molecule has 5 nitrogen and oxygen atoms in total. The van der Waals surface area contributed by atoms with E-state index in [2.05, 4.69) is 4.98 Å². The zero-order chi connectivity index (χ0) is 11.7. The maximum absolute atomic E-state index is 11.5. The molecule has 2 aromatic rings. The third-order valence-corrected chi connectivity index (χ3v) is 2.23. The average Bonchev–Trinajstić information content (AvgIpc) is 2.39. The van der Waals surface area contributed by atoms with E-state index in [0.29, 0.717) is 5.39 Å². The lowest BCUT2D eigenvalue weighted by Crippen LogP contribution is -2.11. The number of carboxylic acid groups (broad SMARTS) is 1. The Morgan fingerprint density at radius 1 is 1.19 bits per heavy atom. The van der Waals surface area contributed by atoms with E-state index in [4.69, 9.17) is 5.11 Å². The van der Waals surface area contributed by atoms with E-state index in [9.17, 15) is 14.4 Å². The standard InChI is InChI=1S/C11H7NO4/c13-9-2-1-6-3-4-12-10(14)7(6)5-8(9)11(15)16/h1-5H,(H,12,14)(H,15,16). The number of fused-ring (bicyclic) bond motifs is 1. The molecular weight excluding hydrogens is 210 g/mol. The van der Waals surface area contributed by atoms with Gasteiger partial charge in [-0.25, -0.2) is 4.79 Å². The van der Waals surface area contributed by atoms with Gasteiger partial charge in [0.1, 0.15) is 5.56 Å². The first-order chi connectivity index (χ1) is 7.59. The van der Waals surface area contributed by atoms with Crippen LogP contribution in [0.1, 0.15) is 10.4 Å². The minimum Gasteiger partial charge on any atom is -0.478 e. The van der Waals surface area contributed by atoms with Gasteiger partial charge in [-0.05, 0) is 23.6 Å². The highest BCUT2D eigenvalue weighted by atomic mass is 16.4. The number of nitrogens with one attached hydrogen (secondary N) is 1. The molecule has 0 saturated heterocycles. The van der Waals surface area contributed by atoms with Gasteiger partial charge >= 0.3 is 5.97 Å². The zero-order valence-electron chi connectivity index (χ0n) is 8.06. The summed E-state index contributed by atoms with van der Waals surface area (Å²) in [5.74, 6) is -1.34. The Hall–Kier alpha value is -2.43. The summed E-state index contributed by atoms with van der Waals surface area (Å²) >= 11 is 0. The molecule has 0 aliphatic carbocycles. The number of aromatic amines is 1. The second kappa shape index (κ2) is 3.62. The highest BCUT2D eigenvalue weighted by molar-refractivity contribution is 5.92. The predicted molar refractivity (Wildman–Crippen MR) is 57.8 cm³/mol. The summed E-state index contributed by atoms with van der Waals surface area (Å²) in [6.45, 7) is 0. The molecule has 16 heavy (non-hydrogen) atoms. The number of hydrogen-bond donors (Lipinski definition) is 2. The Kier molecular flexibility index (Phi) is 2.28. The smallest absolute Gasteiger partial charge is 0.339 e. The largest absolute Gasteiger partial charge is 0.478 e. The third-order valence-electron chi connectivity index (χ3n) is 2.23. The van der Waals surface area contributed by atoms with Crippen molar-refractivity contribution in [3.05, 3.63) is 56.6 Å². The van der Waals surface area contributed by atoms with E-state index in [-0.39, 0.29) is 5.39 Å². The summed E-state index contributed by atoms with van der Waals surface area (Å²) in [6, 6.07) is 5.27. The van der Waals surface area contributed by atoms with Crippen LogP contribution in [0.3, 0.4) is 0 Å². The van der Waals surface area contributed by atoms with E-state index < -0.39 is 22.5 Å². The number of rotatable bonds is 1. The van der Waals surface area contributed by atoms with Crippen molar-refractivity contribution in [3.63, 3.8) is 0 Å². The van der Waals surface area contributed by atoms with Gasteiger partial charge in [0.15, 0.2) is 5.43 Å². The minimum atomic E-state index is -1.34. The van der Waals surface area contributed by atoms with Crippen molar-refractivity contribution in [2.24, 2.45) is 0 Å². The molecule has 5 heteroatoms. The van der Waals surface area contributed by atoms with Crippen molar-refractivity contribution in [1.82, 2.24) is 4.98 Å². The highest BCUT2D eigenvalue weighted by Crippen LogP contribution is 2.06. The molecule has 1 aromatic heterocycles. The van der Waals surface area contributed by atoms with Crippen molar-refractivity contribution in [1.29, 1.82) is 0 Å². The molecular formula is C11H7NO4. The summed E-state index contributed by atoms with van der Waals surface area (Å²) < 4.78 is 0. The highest BCUT2D eigenvalue weighted by Gasteiger charge is 2.08. The van der Waals surface area contributed by atoms with Crippen LogP contribution in [0.15, 0.2) is 40.1 Å². The molecule has 0 unspecified atom stereocenters. The van der Waals surface area contributed by atoms with E-state index in [1.165, 1.54) is 12.3 Å². The molecule has 1 aromatic carbocycles. The van der Waals surface area contributed by atoms with Gasteiger partial charge in [-0.15, -0.1) is 0 Å². The Morgan fingerprint density at radius 2 is 1.94 bits per heavy atom. The van der Waals surface area contributed by atoms with Crippen molar-refractivity contribution in [2.45, 2.75) is 0 Å². The van der Waals surface area contributed by atoms with Crippen molar-refractivity contribution >= 4 is 16.7 Å². The van der Waals surface area contributed by atoms with E-state index in [0.717, 1.165) is 12.1 Å². The first-order valence-electron chi connectivity index (χ1n) is 4.48. The van der Waals surface area contributed by atoms with Gasteiger partial charge in [0, 0.05) is 11.6 Å². The molecule has 0 saturated carbocycles. The minimum absolute atomic E-state index is 0.182. The molecule has 0 fully saturated rings.